The van der Waals surface area contributed by atoms with E-state index in [9.17, 15) is 0 Å². The average molecular weight is 271 g/mol. The van der Waals surface area contributed by atoms with Crippen molar-refractivity contribution in [3.8, 4) is 6.07 Å². The second-order valence-corrected chi connectivity index (χ2v) is 4.45. The van der Waals surface area contributed by atoms with Crippen LogP contribution < -0.4 is 10.2 Å². The number of hydrogen-bond acceptors (Lipinski definition) is 8. The molecule has 0 aliphatic carbocycles. The van der Waals surface area contributed by atoms with Crippen molar-refractivity contribution < 1.29 is 0 Å². The van der Waals surface area contributed by atoms with Gasteiger partial charge in [0.2, 0.25) is 0 Å². The number of aromatic nitrogens is 6. The van der Waals surface area contributed by atoms with Crippen LogP contribution in [-0.2, 0) is 7.05 Å². The molecule has 1 aliphatic rings. The number of anilines is 1. The Kier molecular flexibility index (Phi) is 3.22. The Bertz CT molecular complexity index is 643. The number of nitrogens with zero attached hydrogens (tertiary/aromatic N) is 8. The summed E-state index contributed by atoms with van der Waals surface area (Å²) in [5, 5.41) is 24.0. The monoisotopic (exact) mass is 271 g/mol. The van der Waals surface area contributed by atoms with Gasteiger partial charge in [-0.25, -0.2) is 14.6 Å². The molecular formula is C11H13N9. The van der Waals surface area contributed by atoms with Crippen molar-refractivity contribution >= 4 is 5.82 Å². The largest absolute Gasteiger partial charge is 0.351 e. The van der Waals surface area contributed by atoms with Gasteiger partial charge in [0.25, 0.3) is 0 Å². The van der Waals surface area contributed by atoms with Crippen LogP contribution in [-0.4, -0.2) is 49.8 Å². The quantitative estimate of drug-likeness (QED) is 0.742. The fourth-order valence-electron chi connectivity index (χ4n) is 2.29. The molecule has 0 spiro atoms. The predicted octanol–water partition coefficient (Wildman–Crippen LogP) is -0.977. The van der Waals surface area contributed by atoms with E-state index in [4.69, 9.17) is 5.26 Å². The number of piperazine rings is 1. The zero-order valence-corrected chi connectivity index (χ0v) is 10.9. The van der Waals surface area contributed by atoms with Gasteiger partial charge in [-0.15, -0.1) is 5.10 Å². The second kappa shape index (κ2) is 5.18. The van der Waals surface area contributed by atoms with Gasteiger partial charge in [0.15, 0.2) is 17.3 Å². The summed E-state index contributed by atoms with van der Waals surface area (Å²) < 4.78 is 1.64. The normalized spacial score (nSPS) is 18.8. The van der Waals surface area contributed by atoms with Crippen molar-refractivity contribution in [2.75, 3.05) is 24.5 Å². The molecule has 2 aromatic heterocycles. The maximum absolute atomic E-state index is 9.11. The first kappa shape index (κ1) is 12.4. The van der Waals surface area contributed by atoms with E-state index in [-0.39, 0.29) is 6.04 Å². The molecule has 9 nitrogen and oxygen atoms in total. The minimum atomic E-state index is -0.00250. The van der Waals surface area contributed by atoms with E-state index in [2.05, 4.69) is 36.9 Å². The minimum Gasteiger partial charge on any atom is -0.351 e. The zero-order chi connectivity index (χ0) is 13.9. The van der Waals surface area contributed by atoms with Crippen LogP contribution in [0.4, 0.5) is 5.82 Å². The lowest BCUT2D eigenvalue weighted by molar-refractivity contribution is 0.436. The first-order valence-corrected chi connectivity index (χ1v) is 6.21. The van der Waals surface area contributed by atoms with Crippen LogP contribution in [0.3, 0.4) is 0 Å². The Morgan fingerprint density at radius 2 is 2.25 bits per heavy atom. The third kappa shape index (κ3) is 2.17. The molecule has 0 radical (unpaired) electrons. The van der Waals surface area contributed by atoms with Gasteiger partial charge in [-0.1, -0.05) is 0 Å². The summed E-state index contributed by atoms with van der Waals surface area (Å²) in [7, 11) is 1.80. The molecule has 20 heavy (non-hydrogen) atoms. The topological polar surface area (TPSA) is 108 Å². The van der Waals surface area contributed by atoms with Gasteiger partial charge in [-0.05, 0) is 10.4 Å². The van der Waals surface area contributed by atoms with Crippen molar-refractivity contribution in [2.24, 2.45) is 7.05 Å². The van der Waals surface area contributed by atoms with Gasteiger partial charge < -0.3 is 10.2 Å². The number of hydrogen-bond donors (Lipinski definition) is 1. The van der Waals surface area contributed by atoms with Crippen LogP contribution in [0.15, 0.2) is 12.4 Å². The molecule has 3 heterocycles. The summed E-state index contributed by atoms with van der Waals surface area (Å²) in [6, 6.07) is 2.07. The summed E-state index contributed by atoms with van der Waals surface area (Å²) >= 11 is 0. The second-order valence-electron chi connectivity index (χ2n) is 4.45. The fourth-order valence-corrected chi connectivity index (χ4v) is 2.29. The Morgan fingerprint density at radius 3 is 3.00 bits per heavy atom. The first-order valence-electron chi connectivity index (χ1n) is 6.21. The van der Waals surface area contributed by atoms with Gasteiger partial charge in [0.05, 0.1) is 6.04 Å². The summed E-state index contributed by atoms with van der Waals surface area (Å²) in [6.07, 6.45) is 3.12. The van der Waals surface area contributed by atoms with E-state index in [1.165, 1.54) is 6.20 Å². The lowest BCUT2D eigenvalue weighted by Crippen LogP contribution is -2.47. The van der Waals surface area contributed by atoms with Crippen molar-refractivity contribution in [1.29, 1.82) is 5.26 Å². The third-order valence-corrected chi connectivity index (χ3v) is 3.22. The van der Waals surface area contributed by atoms with Crippen molar-refractivity contribution in [1.82, 2.24) is 35.5 Å². The van der Waals surface area contributed by atoms with E-state index in [1.54, 1.807) is 17.9 Å². The standard InChI is InChI=1S/C11H13N9/c1-19-11(16-17-18-19)9-7-20(5-4-14-9)10-8(6-12)13-2-3-15-10/h2-3,9,14H,4-5,7H2,1H3. The molecule has 1 N–H and O–H groups in total. The van der Waals surface area contributed by atoms with E-state index in [0.29, 0.717) is 18.1 Å². The molecular weight excluding hydrogens is 258 g/mol. The minimum absolute atomic E-state index is 0.00250. The molecule has 102 valence electrons. The number of aryl methyl sites for hydroxylation is 1. The van der Waals surface area contributed by atoms with E-state index < -0.39 is 0 Å². The lowest BCUT2D eigenvalue weighted by Gasteiger charge is -2.33. The van der Waals surface area contributed by atoms with E-state index in [0.717, 1.165) is 18.9 Å². The number of nitrogens with one attached hydrogen (secondary N) is 1. The summed E-state index contributed by atoms with van der Waals surface area (Å²) in [6.45, 7) is 2.16. The average Bonchev–Trinajstić information content (AvgIpc) is 2.93. The van der Waals surface area contributed by atoms with Crippen LogP contribution in [0.5, 0.6) is 0 Å². The number of tetrazole rings is 1. The molecule has 0 aromatic carbocycles. The predicted molar refractivity (Wildman–Crippen MR) is 68.5 cm³/mol. The molecule has 1 fully saturated rings. The number of rotatable bonds is 2. The highest BCUT2D eigenvalue weighted by atomic mass is 15.5. The SMILES string of the molecule is Cn1nnnc1C1CN(c2nccnc2C#N)CCN1. The highest BCUT2D eigenvalue weighted by Gasteiger charge is 2.26. The van der Waals surface area contributed by atoms with Gasteiger partial charge in [-0.2, -0.15) is 5.26 Å². The first-order chi connectivity index (χ1) is 9.79. The van der Waals surface area contributed by atoms with Crippen LogP contribution in [0.2, 0.25) is 0 Å². The van der Waals surface area contributed by atoms with Crippen molar-refractivity contribution in [3.05, 3.63) is 23.9 Å². The Labute approximate surface area is 115 Å². The third-order valence-electron chi connectivity index (χ3n) is 3.22. The highest BCUT2D eigenvalue weighted by Crippen LogP contribution is 2.20. The van der Waals surface area contributed by atoms with Gasteiger partial charge in [0, 0.05) is 39.1 Å². The summed E-state index contributed by atoms with van der Waals surface area (Å²) in [5.74, 6) is 1.37. The Hall–Kier alpha value is -2.60. The molecule has 1 aliphatic heterocycles. The lowest BCUT2D eigenvalue weighted by atomic mass is 10.2. The molecule has 1 unspecified atom stereocenters. The molecule has 9 heteroatoms. The van der Waals surface area contributed by atoms with Crippen LogP contribution in [0.1, 0.15) is 17.6 Å². The number of nitriles is 1. The molecule has 3 rings (SSSR count). The summed E-state index contributed by atoms with van der Waals surface area (Å²) in [5.41, 5.74) is 0.337. The van der Waals surface area contributed by atoms with Crippen molar-refractivity contribution in [3.63, 3.8) is 0 Å². The van der Waals surface area contributed by atoms with E-state index in [1.807, 2.05) is 4.90 Å². The molecule has 0 saturated carbocycles. The van der Waals surface area contributed by atoms with Crippen molar-refractivity contribution in [2.45, 2.75) is 6.04 Å². The summed E-state index contributed by atoms with van der Waals surface area (Å²) in [4.78, 5) is 10.3. The zero-order valence-electron chi connectivity index (χ0n) is 10.9. The van der Waals surface area contributed by atoms with Gasteiger partial charge in [0.1, 0.15) is 6.07 Å². The Morgan fingerprint density at radius 1 is 1.40 bits per heavy atom. The molecule has 0 bridgehead atoms. The maximum atomic E-state index is 9.11. The Balaban J connectivity index is 1.86. The van der Waals surface area contributed by atoms with Crippen LogP contribution in [0.25, 0.3) is 0 Å². The fraction of sp³-hybridized carbons (Fsp3) is 0.455. The van der Waals surface area contributed by atoms with Gasteiger partial charge >= 0.3 is 0 Å². The molecule has 1 saturated heterocycles. The molecule has 2 aromatic rings. The molecule has 0 amide bonds. The van der Waals surface area contributed by atoms with Gasteiger partial charge in [-0.3, -0.25) is 0 Å². The smallest absolute Gasteiger partial charge is 0.183 e. The molecule has 1 atom stereocenters. The highest BCUT2D eigenvalue weighted by molar-refractivity contribution is 5.50. The van der Waals surface area contributed by atoms with E-state index >= 15 is 0 Å². The van der Waals surface area contributed by atoms with Crippen LogP contribution in [0, 0.1) is 11.3 Å². The maximum Gasteiger partial charge on any atom is 0.183 e. The van der Waals surface area contributed by atoms with Crippen LogP contribution >= 0.6 is 0 Å².